The number of nitrogens with zero attached hydrogens (tertiary/aromatic N) is 2. The molecule has 22 heavy (non-hydrogen) atoms. The van der Waals surface area contributed by atoms with Gasteiger partial charge in [0, 0.05) is 5.56 Å². The van der Waals surface area contributed by atoms with Crippen LogP contribution in [0.5, 0.6) is 0 Å². The van der Waals surface area contributed by atoms with E-state index in [0.717, 1.165) is 28.0 Å². The molecule has 1 heterocycles. The van der Waals surface area contributed by atoms with E-state index in [-0.39, 0.29) is 0 Å². The van der Waals surface area contributed by atoms with Crippen molar-refractivity contribution in [2.24, 2.45) is 5.92 Å². The van der Waals surface area contributed by atoms with Crippen molar-refractivity contribution < 1.29 is 0 Å². The maximum atomic E-state index is 4.79. The van der Waals surface area contributed by atoms with Crippen LogP contribution in [0.2, 0.25) is 0 Å². The van der Waals surface area contributed by atoms with Gasteiger partial charge in [-0.05, 0) is 30.5 Å². The largest absolute Gasteiger partial charge is 0.249 e. The normalized spacial score (nSPS) is 11.6. The van der Waals surface area contributed by atoms with Crippen molar-refractivity contribution >= 4 is 17.1 Å². The van der Waals surface area contributed by atoms with Gasteiger partial charge in [-0.1, -0.05) is 62.4 Å². The summed E-state index contributed by atoms with van der Waals surface area (Å²) in [7, 11) is 0. The number of aromatic nitrogens is 2. The van der Waals surface area contributed by atoms with E-state index in [1.807, 2.05) is 31.2 Å². The summed E-state index contributed by atoms with van der Waals surface area (Å²) in [6, 6.07) is 16.5. The Morgan fingerprint density at radius 2 is 1.68 bits per heavy atom. The molecule has 0 spiro atoms. The van der Waals surface area contributed by atoms with Gasteiger partial charge in [-0.15, -0.1) is 0 Å². The summed E-state index contributed by atoms with van der Waals surface area (Å²) in [6.45, 7) is 6.37. The van der Waals surface area contributed by atoms with Gasteiger partial charge in [0.05, 0.1) is 22.4 Å². The molecular weight excluding hydrogens is 268 g/mol. The lowest BCUT2D eigenvalue weighted by atomic mass is 10.1. The maximum absolute atomic E-state index is 4.79. The molecule has 0 aliphatic rings. The van der Waals surface area contributed by atoms with E-state index < -0.39 is 0 Å². The number of allylic oxidation sites excluding steroid dienone is 1. The minimum atomic E-state index is 0.545. The Bertz CT molecular complexity index is 818. The summed E-state index contributed by atoms with van der Waals surface area (Å²) < 4.78 is 0. The first-order valence-electron chi connectivity index (χ1n) is 7.65. The standard InChI is InChI=1S/C20H20N2/c1-14(2)9-10-16-11-12-18-19(13-16)21-15(3)20(22-18)17-7-5-4-6-8-17/h4-14H,1-3H3/b10-9+. The Balaban J connectivity index is 2.06. The van der Waals surface area contributed by atoms with Gasteiger partial charge in [-0.2, -0.15) is 0 Å². The molecule has 110 valence electrons. The van der Waals surface area contributed by atoms with Crippen LogP contribution in [0.3, 0.4) is 0 Å². The lowest BCUT2D eigenvalue weighted by molar-refractivity contribution is 0.836. The zero-order valence-corrected chi connectivity index (χ0v) is 13.2. The fourth-order valence-electron chi connectivity index (χ4n) is 2.44. The minimum absolute atomic E-state index is 0.545. The monoisotopic (exact) mass is 288 g/mol. The van der Waals surface area contributed by atoms with E-state index in [9.17, 15) is 0 Å². The molecule has 0 amide bonds. The predicted octanol–water partition coefficient (Wildman–Crippen LogP) is 5.27. The van der Waals surface area contributed by atoms with Gasteiger partial charge in [0.1, 0.15) is 0 Å². The molecule has 3 rings (SSSR count). The second kappa shape index (κ2) is 6.10. The highest BCUT2D eigenvalue weighted by Crippen LogP contribution is 2.23. The molecule has 0 fully saturated rings. The number of fused-ring (bicyclic) bond motifs is 1. The van der Waals surface area contributed by atoms with Crippen molar-refractivity contribution in [2.75, 3.05) is 0 Å². The number of hydrogen-bond acceptors (Lipinski definition) is 2. The van der Waals surface area contributed by atoms with Gasteiger partial charge in [-0.25, -0.2) is 9.97 Å². The Kier molecular flexibility index (Phi) is 4.01. The average molecular weight is 288 g/mol. The van der Waals surface area contributed by atoms with Crippen molar-refractivity contribution in [1.82, 2.24) is 9.97 Å². The van der Waals surface area contributed by atoms with Crippen LogP contribution >= 0.6 is 0 Å². The van der Waals surface area contributed by atoms with Gasteiger partial charge in [-0.3, -0.25) is 0 Å². The van der Waals surface area contributed by atoms with Crippen LogP contribution in [-0.2, 0) is 0 Å². The molecule has 3 aromatic rings. The molecule has 2 nitrogen and oxygen atoms in total. The van der Waals surface area contributed by atoms with E-state index in [0.29, 0.717) is 5.92 Å². The third-order valence-corrected chi connectivity index (χ3v) is 3.58. The highest BCUT2D eigenvalue weighted by Gasteiger charge is 2.07. The lowest BCUT2D eigenvalue weighted by Gasteiger charge is -2.07. The number of aryl methyl sites for hydroxylation is 1. The lowest BCUT2D eigenvalue weighted by Crippen LogP contribution is -1.94. The van der Waals surface area contributed by atoms with Gasteiger partial charge in [0.15, 0.2) is 0 Å². The molecule has 0 aliphatic carbocycles. The van der Waals surface area contributed by atoms with Gasteiger partial charge < -0.3 is 0 Å². The zero-order valence-electron chi connectivity index (χ0n) is 13.2. The van der Waals surface area contributed by atoms with Crippen molar-refractivity contribution in [3.63, 3.8) is 0 Å². The van der Waals surface area contributed by atoms with Gasteiger partial charge >= 0.3 is 0 Å². The zero-order chi connectivity index (χ0) is 15.5. The summed E-state index contributed by atoms with van der Waals surface area (Å²) in [5.74, 6) is 0.545. The Labute approximate surface area is 131 Å². The molecule has 0 saturated carbocycles. The second-order valence-electron chi connectivity index (χ2n) is 5.87. The topological polar surface area (TPSA) is 25.8 Å². The molecule has 2 aromatic carbocycles. The number of hydrogen-bond donors (Lipinski definition) is 0. The first-order chi connectivity index (χ1) is 10.6. The Morgan fingerprint density at radius 3 is 2.41 bits per heavy atom. The van der Waals surface area contributed by atoms with Gasteiger partial charge in [0.2, 0.25) is 0 Å². The molecule has 0 atom stereocenters. The van der Waals surface area contributed by atoms with Crippen molar-refractivity contribution in [1.29, 1.82) is 0 Å². The van der Waals surface area contributed by atoms with Crippen LogP contribution in [0.25, 0.3) is 28.4 Å². The van der Waals surface area contributed by atoms with Crippen molar-refractivity contribution in [3.8, 4) is 11.3 Å². The van der Waals surface area contributed by atoms with Gasteiger partial charge in [0.25, 0.3) is 0 Å². The third kappa shape index (κ3) is 3.06. The maximum Gasteiger partial charge on any atom is 0.0922 e. The molecular formula is C20H20N2. The van der Waals surface area contributed by atoms with Crippen LogP contribution in [0.1, 0.15) is 25.1 Å². The summed E-state index contributed by atoms with van der Waals surface area (Å²) in [4.78, 5) is 9.54. The summed E-state index contributed by atoms with van der Waals surface area (Å²) >= 11 is 0. The number of benzene rings is 2. The molecule has 0 bridgehead atoms. The molecule has 0 saturated heterocycles. The first-order valence-corrected chi connectivity index (χ1v) is 7.65. The highest BCUT2D eigenvalue weighted by molar-refractivity contribution is 5.80. The second-order valence-corrected chi connectivity index (χ2v) is 5.87. The van der Waals surface area contributed by atoms with E-state index >= 15 is 0 Å². The fourth-order valence-corrected chi connectivity index (χ4v) is 2.44. The van der Waals surface area contributed by atoms with E-state index in [4.69, 9.17) is 9.97 Å². The van der Waals surface area contributed by atoms with Crippen LogP contribution in [0.4, 0.5) is 0 Å². The van der Waals surface area contributed by atoms with E-state index in [1.165, 1.54) is 5.56 Å². The minimum Gasteiger partial charge on any atom is -0.249 e. The molecule has 0 N–H and O–H groups in total. The van der Waals surface area contributed by atoms with E-state index in [1.54, 1.807) is 0 Å². The average Bonchev–Trinajstić information content (AvgIpc) is 2.53. The quantitative estimate of drug-likeness (QED) is 0.655. The molecule has 0 unspecified atom stereocenters. The highest BCUT2D eigenvalue weighted by atomic mass is 14.8. The summed E-state index contributed by atoms with van der Waals surface area (Å²) in [6.07, 6.45) is 4.34. The van der Waals surface area contributed by atoms with Crippen LogP contribution in [0.15, 0.2) is 54.6 Å². The molecule has 2 heteroatoms. The van der Waals surface area contributed by atoms with Crippen molar-refractivity contribution in [2.45, 2.75) is 20.8 Å². The summed E-state index contributed by atoms with van der Waals surface area (Å²) in [5.41, 5.74) is 6.08. The smallest absolute Gasteiger partial charge is 0.0922 e. The SMILES string of the molecule is Cc1nc2cc(/C=C/C(C)C)ccc2nc1-c1ccccc1. The Hall–Kier alpha value is -2.48. The van der Waals surface area contributed by atoms with Crippen molar-refractivity contribution in [3.05, 3.63) is 65.9 Å². The molecule has 1 aromatic heterocycles. The van der Waals surface area contributed by atoms with E-state index in [2.05, 4.69) is 50.3 Å². The van der Waals surface area contributed by atoms with Crippen LogP contribution < -0.4 is 0 Å². The predicted molar refractivity (Wildman–Crippen MR) is 93.6 cm³/mol. The molecule has 0 radical (unpaired) electrons. The van der Waals surface area contributed by atoms with Crippen LogP contribution in [0, 0.1) is 12.8 Å². The number of rotatable bonds is 3. The molecule has 0 aliphatic heterocycles. The third-order valence-electron chi connectivity index (χ3n) is 3.58. The Morgan fingerprint density at radius 1 is 0.909 bits per heavy atom. The fraction of sp³-hybridized carbons (Fsp3) is 0.200. The summed E-state index contributed by atoms with van der Waals surface area (Å²) in [5, 5.41) is 0. The first kappa shape index (κ1) is 14.5. The van der Waals surface area contributed by atoms with Crippen LogP contribution in [-0.4, -0.2) is 9.97 Å².